The van der Waals surface area contributed by atoms with Gasteiger partial charge in [0.05, 0.1) is 12.2 Å². The van der Waals surface area contributed by atoms with E-state index in [2.05, 4.69) is 31.4 Å². The molecule has 0 saturated heterocycles. The van der Waals surface area contributed by atoms with Crippen molar-refractivity contribution < 1.29 is 14.3 Å². The van der Waals surface area contributed by atoms with Crippen LogP contribution < -0.4 is 10.6 Å². The second kappa shape index (κ2) is 11.0. The number of unbranched alkanes of at least 4 members (excludes halogenated alkanes) is 2. The van der Waals surface area contributed by atoms with Gasteiger partial charge in [0, 0.05) is 18.7 Å². The molecule has 0 atom stereocenters. The van der Waals surface area contributed by atoms with Gasteiger partial charge < -0.3 is 20.1 Å². The van der Waals surface area contributed by atoms with E-state index in [9.17, 15) is 4.79 Å². The van der Waals surface area contributed by atoms with E-state index in [1.165, 1.54) is 6.42 Å². The van der Waals surface area contributed by atoms with Gasteiger partial charge >= 0.3 is 0 Å². The normalized spacial score (nSPS) is 12.5. The molecule has 132 valence electrons. The van der Waals surface area contributed by atoms with E-state index in [4.69, 9.17) is 9.47 Å². The average molecular weight is 316 g/mol. The van der Waals surface area contributed by atoms with Crippen LogP contribution in [0.2, 0.25) is 0 Å². The summed E-state index contributed by atoms with van der Waals surface area (Å²) in [5.74, 6) is -0.0909. The summed E-state index contributed by atoms with van der Waals surface area (Å²) < 4.78 is 10.9. The van der Waals surface area contributed by atoms with Crippen LogP contribution in [0.4, 0.5) is 0 Å². The smallest absolute Gasteiger partial charge is 0.246 e. The number of ether oxygens (including phenoxy) is 2. The number of carbonyl (C=O) groups excluding carboxylic acids is 1. The Labute approximate surface area is 136 Å². The summed E-state index contributed by atoms with van der Waals surface area (Å²) in [6.07, 6.45) is 3.39. The van der Waals surface area contributed by atoms with Gasteiger partial charge in [-0.25, -0.2) is 0 Å². The van der Waals surface area contributed by atoms with Crippen LogP contribution in [0.5, 0.6) is 0 Å². The standard InChI is InChI=1S/C17H36N2O3/c1-16(2,3)19-10-8-7-9-12-21-13-11-18-15(20)14-22-17(4,5)6/h19H,7-14H2,1-6H3,(H,18,20). The molecule has 0 unspecified atom stereocenters. The summed E-state index contributed by atoms with van der Waals surface area (Å²) in [7, 11) is 0. The number of amides is 1. The van der Waals surface area contributed by atoms with Crippen molar-refractivity contribution in [3.63, 3.8) is 0 Å². The molecule has 0 heterocycles. The van der Waals surface area contributed by atoms with Gasteiger partial charge in [-0.3, -0.25) is 4.79 Å². The molecule has 0 saturated carbocycles. The molecule has 1 amide bonds. The van der Waals surface area contributed by atoms with Crippen LogP contribution in [0, 0.1) is 0 Å². The fourth-order valence-corrected chi connectivity index (χ4v) is 1.67. The molecule has 0 bridgehead atoms. The fraction of sp³-hybridized carbons (Fsp3) is 0.941. The number of rotatable bonds is 11. The van der Waals surface area contributed by atoms with E-state index in [-0.39, 0.29) is 23.7 Å². The number of hydrogen-bond donors (Lipinski definition) is 2. The highest BCUT2D eigenvalue weighted by atomic mass is 16.5. The molecule has 5 heteroatoms. The quantitative estimate of drug-likeness (QED) is 0.575. The van der Waals surface area contributed by atoms with Crippen molar-refractivity contribution >= 4 is 5.91 Å². The molecule has 0 aromatic heterocycles. The lowest BCUT2D eigenvalue weighted by Gasteiger charge is -2.20. The molecule has 0 aromatic carbocycles. The van der Waals surface area contributed by atoms with E-state index in [0.29, 0.717) is 13.2 Å². The van der Waals surface area contributed by atoms with Gasteiger partial charge in [-0.05, 0) is 67.3 Å². The molecule has 0 fully saturated rings. The fourth-order valence-electron chi connectivity index (χ4n) is 1.67. The highest BCUT2D eigenvalue weighted by Gasteiger charge is 2.12. The SMILES string of the molecule is CC(C)(C)NCCCCCOCCNC(=O)COC(C)(C)C. The first-order valence-electron chi connectivity index (χ1n) is 8.33. The van der Waals surface area contributed by atoms with Gasteiger partial charge in [0.15, 0.2) is 0 Å². The lowest BCUT2D eigenvalue weighted by atomic mass is 10.1. The van der Waals surface area contributed by atoms with Crippen molar-refractivity contribution in [1.29, 1.82) is 0 Å². The van der Waals surface area contributed by atoms with Crippen LogP contribution in [0.1, 0.15) is 60.8 Å². The van der Waals surface area contributed by atoms with Crippen LogP contribution >= 0.6 is 0 Å². The van der Waals surface area contributed by atoms with Gasteiger partial charge in [-0.15, -0.1) is 0 Å². The van der Waals surface area contributed by atoms with Crippen LogP contribution in [-0.2, 0) is 14.3 Å². The lowest BCUT2D eigenvalue weighted by Crippen LogP contribution is -2.36. The van der Waals surface area contributed by atoms with Gasteiger partial charge in [-0.1, -0.05) is 0 Å². The second-order valence-electron chi connectivity index (χ2n) is 7.60. The molecule has 0 rings (SSSR count). The summed E-state index contributed by atoms with van der Waals surface area (Å²) in [5.41, 5.74) is -0.0822. The molecular weight excluding hydrogens is 280 g/mol. The number of nitrogens with one attached hydrogen (secondary N) is 2. The minimum atomic E-state index is -0.282. The van der Waals surface area contributed by atoms with Crippen LogP contribution in [0.3, 0.4) is 0 Å². The van der Waals surface area contributed by atoms with E-state index in [1.54, 1.807) is 0 Å². The van der Waals surface area contributed by atoms with Crippen molar-refractivity contribution in [3.05, 3.63) is 0 Å². The molecule has 5 nitrogen and oxygen atoms in total. The topological polar surface area (TPSA) is 59.6 Å². The van der Waals surface area contributed by atoms with E-state index >= 15 is 0 Å². The maximum atomic E-state index is 11.5. The third kappa shape index (κ3) is 17.4. The summed E-state index contributed by atoms with van der Waals surface area (Å²) in [6.45, 7) is 15.3. The monoisotopic (exact) mass is 316 g/mol. The molecule has 0 aliphatic rings. The summed E-state index contributed by atoms with van der Waals surface area (Å²) in [4.78, 5) is 11.5. The lowest BCUT2D eigenvalue weighted by molar-refractivity contribution is -0.130. The molecule has 0 aromatic rings. The molecule has 0 spiro atoms. The van der Waals surface area contributed by atoms with Gasteiger partial charge in [0.25, 0.3) is 0 Å². The molecule has 0 aliphatic heterocycles. The number of hydrogen-bond acceptors (Lipinski definition) is 4. The minimum absolute atomic E-state index is 0.0909. The molecule has 22 heavy (non-hydrogen) atoms. The molecular formula is C17H36N2O3. The van der Waals surface area contributed by atoms with Crippen molar-refractivity contribution in [2.24, 2.45) is 0 Å². The first kappa shape index (κ1) is 21.4. The largest absolute Gasteiger partial charge is 0.380 e. The van der Waals surface area contributed by atoms with Crippen molar-refractivity contribution in [1.82, 2.24) is 10.6 Å². The van der Waals surface area contributed by atoms with Crippen LogP contribution in [0.25, 0.3) is 0 Å². The highest BCUT2D eigenvalue weighted by molar-refractivity contribution is 5.77. The predicted octanol–water partition coefficient (Wildman–Crippen LogP) is 2.49. The minimum Gasteiger partial charge on any atom is -0.380 e. The predicted molar refractivity (Wildman–Crippen MR) is 91.1 cm³/mol. The third-order valence-corrected chi connectivity index (χ3v) is 2.83. The molecule has 2 N–H and O–H groups in total. The summed E-state index contributed by atoms with van der Waals surface area (Å²) in [6, 6.07) is 0. The Morgan fingerprint density at radius 1 is 0.909 bits per heavy atom. The van der Waals surface area contributed by atoms with Crippen molar-refractivity contribution in [3.8, 4) is 0 Å². The van der Waals surface area contributed by atoms with Gasteiger partial charge in [0.1, 0.15) is 6.61 Å². The molecule has 0 aliphatic carbocycles. The first-order chi connectivity index (χ1) is 10.1. The maximum absolute atomic E-state index is 11.5. The van der Waals surface area contributed by atoms with Crippen LogP contribution in [0.15, 0.2) is 0 Å². The average Bonchev–Trinajstić information content (AvgIpc) is 2.36. The van der Waals surface area contributed by atoms with Crippen LogP contribution in [-0.4, -0.2) is 50.0 Å². The zero-order chi connectivity index (χ0) is 17.1. The van der Waals surface area contributed by atoms with Crippen molar-refractivity contribution in [2.45, 2.75) is 71.9 Å². The van der Waals surface area contributed by atoms with E-state index in [0.717, 1.165) is 26.0 Å². The summed E-state index contributed by atoms with van der Waals surface area (Å²) >= 11 is 0. The molecule has 0 radical (unpaired) electrons. The highest BCUT2D eigenvalue weighted by Crippen LogP contribution is 2.05. The van der Waals surface area contributed by atoms with Gasteiger partial charge in [0.2, 0.25) is 5.91 Å². The third-order valence-electron chi connectivity index (χ3n) is 2.83. The first-order valence-corrected chi connectivity index (χ1v) is 8.33. The number of carbonyl (C=O) groups is 1. The Balaban J connectivity index is 3.28. The Bertz CT molecular complexity index is 293. The second-order valence-corrected chi connectivity index (χ2v) is 7.60. The van der Waals surface area contributed by atoms with E-state index in [1.807, 2.05) is 20.8 Å². The van der Waals surface area contributed by atoms with E-state index < -0.39 is 0 Å². The Morgan fingerprint density at radius 2 is 1.59 bits per heavy atom. The van der Waals surface area contributed by atoms with Crippen molar-refractivity contribution in [2.75, 3.05) is 32.9 Å². The van der Waals surface area contributed by atoms with Gasteiger partial charge in [-0.2, -0.15) is 0 Å². The Morgan fingerprint density at radius 3 is 2.18 bits per heavy atom. The maximum Gasteiger partial charge on any atom is 0.246 e. The zero-order valence-electron chi connectivity index (χ0n) is 15.4. The zero-order valence-corrected chi connectivity index (χ0v) is 15.4. The Kier molecular flexibility index (Phi) is 10.6. The summed E-state index contributed by atoms with van der Waals surface area (Å²) in [5, 5.41) is 6.25. The Hall–Kier alpha value is -0.650.